The van der Waals surface area contributed by atoms with Crippen molar-refractivity contribution in [3.8, 4) is 0 Å². The fraction of sp³-hybridized carbons (Fsp3) is 0.500. The van der Waals surface area contributed by atoms with E-state index in [0.717, 1.165) is 12.0 Å². The largest absolute Gasteiger partial charge is 0.394 e. The highest BCUT2D eigenvalue weighted by Crippen LogP contribution is 1.99. The molecule has 1 amide bonds. The maximum Gasteiger partial charge on any atom is 0.241 e. The summed E-state index contributed by atoms with van der Waals surface area (Å²) in [6.45, 7) is 0.289. The van der Waals surface area contributed by atoms with Gasteiger partial charge in [0.15, 0.2) is 0 Å². The highest BCUT2D eigenvalue weighted by atomic mass is 16.3. The average Bonchev–Trinajstić information content (AvgIpc) is 2.76. The number of aliphatic hydroxyl groups is 1. The van der Waals surface area contributed by atoms with Gasteiger partial charge in [0.25, 0.3) is 0 Å². The highest BCUT2D eigenvalue weighted by Gasteiger charge is 2.16. The van der Waals surface area contributed by atoms with Gasteiger partial charge in [0.2, 0.25) is 5.91 Å². The first-order valence-electron chi connectivity index (χ1n) is 4.88. The number of hydrogen-bond donors (Lipinski definition) is 3. The Morgan fingerprint density at radius 2 is 2.47 bits per heavy atom. The predicted molar refractivity (Wildman–Crippen MR) is 57.2 cm³/mol. The van der Waals surface area contributed by atoms with Gasteiger partial charge in [-0.1, -0.05) is 0 Å². The Balaban J connectivity index is 2.35. The maximum atomic E-state index is 11.5. The van der Waals surface area contributed by atoms with Gasteiger partial charge >= 0.3 is 0 Å². The summed E-state index contributed by atoms with van der Waals surface area (Å²) in [4.78, 5) is 16.0. The number of nitrogens with two attached hydrogens (primary N) is 1. The molecule has 0 aliphatic heterocycles. The van der Waals surface area contributed by atoms with Crippen LogP contribution in [0.2, 0.25) is 0 Å². The molecule has 1 heterocycles. The first kappa shape index (κ1) is 11.7. The molecule has 1 aromatic rings. The van der Waals surface area contributed by atoms with Crippen LogP contribution >= 0.6 is 0 Å². The Kier molecular flexibility index (Phi) is 4.33. The summed E-state index contributed by atoms with van der Waals surface area (Å²) in [5.41, 5.74) is 6.56. The molecule has 0 saturated heterocycles. The lowest BCUT2D eigenvalue weighted by atomic mass is 10.2. The Morgan fingerprint density at radius 3 is 3.00 bits per heavy atom. The number of nitrogens with zero attached hydrogens (tertiary/aromatic N) is 1. The number of likely N-dealkylation sites (N-methyl/N-ethyl adjacent to an activating group) is 1. The molecule has 1 unspecified atom stereocenters. The van der Waals surface area contributed by atoms with Crippen molar-refractivity contribution in [3.63, 3.8) is 0 Å². The van der Waals surface area contributed by atoms with Crippen LogP contribution in [0.3, 0.4) is 0 Å². The molecule has 0 saturated carbocycles. The van der Waals surface area contributed by atoms with Gasteiger partial charge in [-0.2, -0.15) is 0 Å². The fourth-order valence-corrected chi connectivity index (χ4v) is 1.28. The van der Waals surface area contributed by atoms with Gasteiger partial charge in [0, 0.05) is 26.0 Å². The third-order valence-electron chi connectivity index (χ3n) is 2.29. The second-order valence-corrected chi connectivity index (χ2v) is 3.52. The number of aromatic nitrogens is 1. The monoisotopic (exact) mass is 211 g/mol. The number of carbonyl (C=O) groups excluding carboxylic acids is 1. The lowest BCUT2D eigenvalue weighted by molar-refractivity contribution is -0.132. The van der Waals surface area contributed by atoms with Crippen LogP contribution in [0.25, 0.3) is 0 Å². The number of aromatic amines is 1. The predicted octanol–water partition coefficient (Wildman–Crippen LogP) is -0.665. The van der Waals surface area contributed by atoms with Crippen molar-refractivity contribution in [1.29, 1.82) is 0 Å². The molecule has 5 nitrogen and oxygen atoms in total. The number of rotatable bonds is 5. The molecule has 5 heteroatoms. The smallest absolute Gasteiger partial charge is 0.241 e. The minimum Gasteiger partial charge on any atom is -0.394 e. The summed E-state index contributed by atoms with van der Waals surface area (Å²) >= 11 is 0. The van der Waals surface area contributed by atoms with E-state index < -0.39 is 6.04 Å². The van der Waals surface area contributed by atoms with Crippen molar-refractivity contribution < 1.29 is 9.90 Å². The summed E-state index contributed by atoms with van der Waals surface area (Å²) < 4.78 is 0. The van der Waals surface area contributed by atoms with E-state index in [0.29, 0.717) is 6.54 Å². The van der Waals surface area contributed by atoms with Gasteiger partial charge in [-0.25, -0.2) is 0 Å². The van der Waals surface area contributed by atoms with E-state index in [1.165, 1.54) is 4.90 Å². The van der Waals surface area contributed by atoms with E-state index in [1.807, 2.05) is 18.5 Å². The normalized spacial score (nSPS) is 12.5. The molecule has 0 spiro atoms. The number of hydrogen-bond acceptors (Lipinski definition) is 3. The Labute approximate surface area is 88.9 Å². The molecule has 1 atom stereocenters. The Bertz CT molecular complexity index is 298. The lowest BCUT2D eigenvalue weighted by Crippen LogP contribution is -2.44. The molecule has 0 fully saturated rings. The molecule has 0 aromatic carbocycles. The minimum absolute atomic E-state index is 0.229. The van der Waals surface area contributed by atoms with Crippen LogP contribution in [-0.2, 0) is 11.2 Å². The molecule has 1 rings (SSSR count). The molecular weight excluding hydrogens is 194 g/mol. The van der Waals surface area contributed by atoms with Crippen molar-refractivity contribution in [1.82, 2.24) is 9.88 Å². The number of H-pyrrole nitrogens is 1. The molecule has 84 valence electrons. The number of amides is 1. The maximum absolute atomic E-state index is 11.5. The molecule has 0 bridgehead atoms. The van der Waals surface area contributed by atoms with Crippen LogP contribution in [0.5, 0.6) is 0 Å². The van der Waals surface area contributed by atoms with Gasteiger partial charge in [0.1, 0.15) is 6.04 Å². The molecule has 1 aromatic heterocycles. The van der Waals surface area contributed by atoms with Crippen molar-refractivity contribution in [3.05, 3.63) is 24.0 Å². The molecule has 0 aliphatic rings. The molecule has 4 N–H and O–H groups in total. The third-order valence-corrected chi connectivity index (χ3v) is 2.29. The lowest BCUT2D eigenvalue weighted by Gasteiger charge is -2.19. The van der Waals surface area contributed by atoms with E-state index in [9.17, 15) is 4.79 Å². The summed E-state index contributed by atoms with van der Waals surface area (Å²) in [6, 6.07) is 1.16. The SMILES string of the molecule is CN(CCc1cc[nH]c1)C(=O)C(N)CO. The van der Waals surface area contributed by atoms with Gasteiger partial charge in [-0.3, -0.25) is 4.79 Å². The van der Waals surface area contributed by atoms with Gasteiger partial charge in [-0.05, 0) is 18.1 Å². The van der Waals surface area contributed by atoms with E-state index in [2.05, 4.69) is 4.98 Å². The number of aliphatic hydroxyl groups excluding tert-OH is 1. The van der Waals surface area contributed by atoms with Crippen LogP contribution < -0.4 is 5.73 Å². The van der Waals surface area contributed by atoms with E-state index in [4.69, 9.17) is 10.8 Å². The van der Waals surface area contributed by atoms with Crippen molar-refractivity contribution in [2.24, 2.45) is 5.73 Å². The third kappa shape index (κ3) is 3.38. The summed E-state index contributed by atoms with van der Waals surface area (Å²) in [5, 5.41) is 8.73. The summed E-state index contributed by atoms with van der Waals surface area (Å²) in [5.74, 6) is -0.229. The van der Waals surface area contributed by atoms with Crippen LogP contribution in [-0.4, -0.2) is 47.1 Å². The quantitative estimate of drug-likeness (QED) is 0.604. The van der Waals surface area contributed by atoms with Crippen molar-refractivity contribution in [2.75, 3.05) is 20.2 Å². The Morgan fingerprint density at radius 1 is 1.73 bits per heavy atom. The fourth-order valence-electron chi connectivity index (χ4n) is 1.28. The number of nitrogens with one attached hydrogen (secondary N) is 1. The molecule has 15 heavy (non-hydrogen) atoms. The zero-order valence-corrected chi connectivity index (χ0v) is 8.81. The van der Waals surface area contributed by atoms with Crippen LogP contribution in [0, 0.1) is 0 Å². The topological polar surface area (TPSA) is 82.4 Å². The summed E-state index contributed by atoms with van der Waals surface area (Å²) in [7, 11) is 1.69. The zero-order chi connectivity index (χ0) is 11.3. The first-order chi connectivity index (χ1) is 7.15. The minimum atomic E-state index is -0.804. The summed E-state index contributed by atoms with van der Waals surface area (Å²) in [6.07, 6.45) is 4.52. The van der Waals surface area contributed by atoms with Gasteiger partial charge in [0.05, 0.1) is 6.61 Å². The molecule has 0 radical (unpaired) electrons. The van der Waals surface area contributed by atoms with Crippen LogP contribution in [0.1, 0.15) is 5.56 Å². The molecular formula is C10H17N3O2. The van der Waals surface area contributed by atoms with Gasteiger partial charge in [-0.15, -0.1) is 0 Å². The van der Waals surface area contributed by atoms with Crippen LogP contribution in [0.4, 0.5) is 0 Å². The molecule has 0 aliphatic carbocycles. The van der Waals surface area contributed by atoms with Gasteiger partial charge < -0.3 is 20.7 Å². The zero-order valence-electron chi connectivity index (χ0n) is 8.81. The van der Waals surface area contributed by atoms with E-state index in [1.54, 1.807) is 7.05 Å². The highest BCUT2D eigenvalue weighted by molar-refractivity contribution is 5.81. The van der Waals surface area contributed by atoms with E-state index in [-0.39, 0.29) is 12.5 Å². The second-order valence-electron chi connectivity index (χ2n) is 3.52. The second kappa shape index (κ2) is 5.53. The van der Waals surface area contributed by atoms with Crippen molar-refractivity contribution in [2.45, 2.75) is 12.5 Å². The standard InChI is InChI=1S/C10H17N3O2/c1-13(10(15)9(11)7-14)5-3-8-2-4-12-6-8/h2,4,6,9,12,14H,3,5,7,11H2,1H3. The Hall–Kier alpha value is -1.33. The average molecular weight is 211 g/mol. The van der Waals surface area contributed by atoms with E-state index >= 15 is 0 Å². The first-order valence-corrected chi connectivity index (χ1v) is 4.88. The number of carbonyl (C=O) groups is 1. The van der Waals surface area contributed by atoms with Crippen LogP contribution in [0.15, 0.2) is 18.5 Å². The van der Waals surface area contributed by atoms with Crippen molar-refractivity contribution >= 4 is 5.91 Å².